The summed E-state index contributed by atoms with van der Waals surface area (Å²) >= 11 is 0. The normalized spacial score (nSPS) is 14.7. The van der Waals surface area contributed by atoms with Crippen molar-refractivity contribution in [3.8, 4) is 17.2 Å². The molecule has 23 heavy (non-hydrogen) atoms. The van der Waals surface area contributed by atoms with Crippen LogP contribution in [-0.4, -0.2) is 18.2 Å². The number of fused-ring (bicyclic) bond motifs is 1. The number of esters is 1. The van der Waals surface area contributed by atoms with E-state index in [-0.39, 0.29) is 23.8 Å². The van der Waals surface area contributed by atoms with Crippen LogP contribution in [0.1, 0.15) is 19.4 Å². The number of halogens is 1. The highest BCUT2D eigenvalue weighted by molar-refractivity contribution is 5.74. The summed E-state index contributed by atoms with van der Waals surface area (Å²) in [5.74, 6) is 0.513. The lowest BCUT2D eigenvalue weighted by Gasteiger charge is -2.18. The lowest BCUT2D eigenvalue weighted by molar-refractivity contribution is -0.136. The average Bonchev–Trinajstić information content (AvgIpc) is 2.82. The second-order valence-electron chi connectivity index (χ2n) is 6.00. The molecule has 0 unspecified atom stereocenters. The van der Waals surface area contributed by atoms with Crippen molar-refractivity contribution < 1.29 is 23.4 Å². The predicted octanol–water partition coefficient (Wildman–Crippen LogP) is 3.52. The summed E-state index contributed by atoms with van der Waals surface area (Å²) in [6, 6.07) is 10.8. The van der Waals surface area contributed by atoms with Crippen molar-refractivity contribution in [3.05, 3.63) is 53.8 Å². The summed E-state index contributed by atoms with van der Waals surface area (Å²) in [5, 5.41) is 0. The molecule has 0 spiro atoms. The van der Waals surface area contributed by atoms with Crippen LogP contribution < -0.4 is 14.2 Å². The van der Waals surface area contributed by atoms with Gasteiger partial charge in [0.25, 0.3) is 0 Å². The van der Waals surface area contributed by atoms with E-state index in [0.717, 1.165) is 12.0 Å². The fraction of sp³-hybridized carbons (Fsp3) is 0.278. The molecule has 0 bridgehead atoms. The van der Waals surface area contributed by atoms with Gasteiger partial charge in [0.15, 0.2) is 18.1 Å². The van der Waals surface area contributed by atoms with Gasteiger partial charge in [-0.05, 0) is 44.2 Å². The number of para-hydroxylation sites is 1. The summed E-state index contributed by atoms with van der Waals surface area (Å²) in [6.07, 6.45) is 0.791. The largest absolute Gasteiger partial charge is 0.483 e. The number of rotatable bonds is 4. The van der Waals surface area contributed by atoms with E-state index < -0.39 is 5.97 Å². The van der Waals surface area contributed by atoms with E-state index >= 15 is 0 Å². The van der Waals surface area contributed by atoms with Crippen LogP contribution in [0.15, 0.2) is 42.5 Å². The number of benzene rings is 2. The number of ether oxygens (including phenoxy) is 3. The minimum Gasteiger partial charge on any atom is -0.483 e. The van der Waals surface area contributed by atoms with Gasteiger partial charge in [-0.3, -0.25) is 0 Å². The monoisotopic (exact) mass is 316 g/mol. The van der Waals surface area contributed by atoms with Gasteiger partial charge in [-0.2, -0.15) is 0 Å². The van der Waals surface area contributed by atoms with E-state index in [2.05, 4.69) is 0 Å². The molecule has 4 nitrogen and oxygen atoms in total. The first-order valence-electron chi connectivity index (χ1n) is 7.33. The van der Waals surface area contributed by atoms with Crippen LogP contribution in [0.2, 0.25) is 0 Å². The van der Waals surface area contributed by atoms with Crippen LogP contribution in [0, 0.1) is 5.82 Å². The highest BCUT2D eigenvalue weighted by atomic mass is 19.1. The van der Waals surface area contributed by atoms with Gasteiger partial charge in [-0.15, -0.1) is 0 Å². The molecule has 5 heteroatoms. The molecule has 0 N–H and O–H groups in total. The molecule has 1 heterocycles. The summed E-state index contributed by atoms with van der Waals surface area (Å²) in [5.41, 5.74) is 0.774. The fourth-order valence-corrected chi connectivity index (χ4v) is 2.50. The zero-order valence-electron chi connectivity index (χ0n) is 13.0. The smallest absolute Gasteiger partial charge is 0.349 e. The van der Waals surface area contributed by atoms with Crippen LogP contribution in [0.3, 0.4) is 0 Å². The van der Waals surface area contributed by atoms with Gasteiger partial charge in [0, 0.05) is 12.0 Å². The van der Waals surface area contributed by atoms with Gasteiger partial charge >= 0.3 is 5.97 Å². The molecular weight excluding hydrogens is 299 g/mol. The molecule has 0 saturated carbocycles. The zero-order valence-corrected chi connectivity index (χ0v) is 13.0. The summed E-state index contributed by atoms with van der Waals surface area (Å²) in [7, 11) is 0. The van der Waals surface area contributed by atoms with Crippen LogP contribution in [-0.2, 0) is 11.2 Å². The van der Waals surface area contributed by atoms with Gasteiger partial charge in [-0.1, -0.05) is 12.1 Å². The Balaban J connectivity index is 1.62. The van der Waals surface area contributed by atoms with Crippen LogP contribution in [0.25, 0.3) is 0 Å². The van der Waals surface area contributed by atoms with Crippen LogP contribution >= 0.6 is 0 Å². The molecule has 2 aromatic rings. The predicted molar refractivity (Wildman–Crippen MR) is 82.4 cm³/mol. The Morgan fingerprint density at radius 3 is 2.70 bits per heavy atom. The topological polar surface area (TPSA) is 44.8 Å². The Morgan fingerprint density at radius 1 is 1.22 bits per heavy atom. The maximum atomic E-state index is 12.8. The van der Waals surface area contributed by atoms with E-state index in [4.69, 9.17) is 14.2 Å². The minimum absolute atomic E-state index is 0.252. The molecule has 0 aliphatic carbocycles. The summed E-state index contributed by atoms with van der Waals surface area (Å²) in [4.78, 5) is 11.8. The first kappa shape index (κ1) is 15.3. The quantitative estimate of drug-likeness (QED) is 0.639. The third kappa shape index (κ3) is 3.62. The molecule has 0 aromatic heterocycles. The van der Waals surface area contributed by atoms with Crippen LogP contribution in [0.5, 0.6) is 17.2 Å². The summed E-state index contributed by atoms with van der Waals surface area (Å²) < 4.78 is 29.3. The van der Waals surface area contributed by atoms with Crippen molar-refractivity contribution in [1.29, 1.82) is 0 Å². The molecule has 0 radical (unpaired) electrons. The van der Waals surface area contributed by atoms with Crippen molar-refractivity contribution in [2.75, 3.05) is 6.61 Å². The third-order valence-electron chi connectivity index (χ3n) is 3.45. The molecule has 1 aliphatic rings. The zero-order chi connectivity index (χ0) is 16.4. The Bertz CT molecular complexity index is 722. The summed E-state index contributed by atoms with van der Waals surface area (Å²) in [6.45, 7) is 3.75. The molecule has 120 valence electrons. The standard InChI is InChI=1S/C18H17FO4/c1-18(2)10-12-4-3-5-15(17(12)23-18)21-11-16(20)22-14-8-6-13(19)7-9-14/h3-9H,10-11H2,1-2H3. The highest BCUT2D eigenvalue weighted by Crippen LogP contribution is 2.41. The second-order valence-corrected chi connectivity index (χ2v) is 6.00. The Morgan fingerprint density at radius 2 is 1.96 bits per heavy atom. The number of carbonyl (C=O) groups excluding carboxylic acids is 1. The lowest BCUT2D eigenvalue weighted by atomic mass is 10.0. The molecule has 3 rings (SSSR count). The molecule has 0 fully saturated rings. The first-order valence-corrected chi connectivity index (χ1v) is 7.33. The van der Waals surface area contributed by atoms with Crippen molar-refractivity contribution in [3.63, 3.8) is 0 Å². The second kappa shape index (κ2) is 5.91. The molecule has 0 saturated heterocycles. The van der Waals surface area contributed by atoms with Gasteiger partial charge in [0.2, 0.25) is 0 Å². The fourth-order valence-electron chi connectivity index (χ4n) is 2.50. The van der Waals surface area contributed by atoms with Crippen LogP contribution in [0.4, 0.5) is 4.39 Å². The molecular formula is C18H17FO4. The van der Waals surface area contributed by atoms with E-state index in [0.29, 0.717) is 11.5 Å². The maximum absolute atomic E-state index is 12.8. The molecule has 0 atom stereocenters. The van der Waals surface area contributed by atoms with E-state index in [1.54, 1.807) is 6.07 Å². The van der Waals surface area contributed by atoms with Crippen molar-refractivity contribution in [1.82, 2.24) is 0 Å². The maximum Gasteiger partial charge on any atom is 0.349 e. The molecule has 2 aromatic carbocycles. The number of carbonyl (C=O) groups is 1. The highest BCUT2D eigenvalue weighted by Gasteiger charge is 2.32. The van der Waals surface area contributed by atoms with E-state index in [9.17, 15) is 9.18 Å². The Hall–Kier alpha value is -2.56. The lowest BCUT2D eigenvalue weighted by Crippen LogP contribution is -2.25. The van der Waals surface area contributed by atoms with E-state index in [1.165, 1.54) is 24.3 Å². The van der Waals surface area contributed by atoms with Gasteiger partial charge in [-0.25, -0.2) is 9.18 Å². The molecule has 1 aliphatic heterocycles. The molecule has 0 amide bonds. The van der Waals surface area contributed by atoms with Gasteiger partial charge in [0.1, 0.15) is 17.2 Å². The van der Waals surface area contributed by atoms with Crippen molar-refractivity contribution in [2.24, 2.45) is 0 Å². The van der Waals surface area contributed by atoms with E-state index in [1.807, 2.05) is 26.0 Å². The minimum atomic E-state index is -0.563. The van der Waals surface area contributed by atoms with Gasteiger partial charge in [0.05, 0.1) is 0 Å². The number of hydrogen-bond acceptors (Lipinski definition) is 4. The Kier molecular flexibility index (Phi) is 3.94. The van der Waals surface area contributed by atoms with Crippen molar-refractivity contribution >= 4 is 5.97 Å². The Labute approximate surface area is 133 Å². The first-order chi connectivity index (χ1) is 10.9. The SMILES string of the molecule is CC1(C)Cc2cccc(OCC(=O)Oc3ccc(F)cc3)c2O1. The van der Waals surface area contributed by atoms with Crippen molar-refractivity contribution in [2.45, 2.75) is 25.9 Å². The third-order valence-corrected chi connectivity index (χ3v) is 3.45. The number of hydrogen-bond donors (Lipinski definition) is 0. The average molecular weight is 316 g/mol. The van der Waals surface area contributed by atoms with Gasteiger partial charge < -0.3 is 14.2 Å².